The number of anilines is 1. The first-order chi connectivity index (χ1) is 12.1. The number of furan rings is 1. The van der Waals surface area contributed by atoms with E-state index in [9.17, 15) is 4.79 Å². The molecular formula is C20H19N3O2. The zero-order valence-electron chi connectivity index (χ0n) is 14.2. The van der Waals surface area contributed by atoms with E-state index in [0.29, 0.717) is 12.1 Å². The summed E-state index contributed by atoms with van der Waals surface area (Å²) in [6.07, 6.45) is 3.02. The summed E-state index contributed by atoms with van der Waals surface area (Å²) in [5, 5.41) is 3.50. The van der Waals surface area contributed by atoms with Crippen molar-refractivity contribution in [3.05, 3.63) is 83.1 Å². The molecule has 0 aliphatic carbocycles. The van der Waals surface area contributed by atoms with E-state index in [1.807, 2.05) is 18.2 Å². The molecule has 1 amide bonds. The highest BCUT2D eigenvalue weighted by molar-refractivity contribution is 5.98. The van der Waals surface area contributed by atoms with Crippen molar-refractivity contribution in [1.29, 1.82) is 0 Å². The van der Waals surface area contributed by atoms with Gasteiger partial charge < -0.3 is 14.6 Å². The number of amides is 1. The minimum absolute atomic E-state index is 0.0395. The molecule has 0 saturated carbocycles. The summed E-state index contributed by atoms with van der Waals surface area (Å²) >= 11 is 0. The first-order valence-corrected chi connectivity index (χ1v) is 8.25. The summed E-state index contributed by atoms with van der Waals surface area (Å²) < 4.78 is 5.44. The maximum Gasteiger partial charge on any atom is 0.258 e. The van der Waals surface area contributed by atoms with Crippen molar-refractivity contribution in [3.8, 4) is 0 Å². The topological polar surface area (TPSA) is 58.4 Å². The minimum atomic E-state index is -0.325. The number of nitrogens with one attached hydrogen (secondary N) is 1. The molecule has 0 radical (unpaired) electrons. The lowest BCUT2D eigenvalue weighted by atomic mass is 10.1. The number of hydrogen-bond donors (Lipinski definition) is 1. The second-order valence-corrected chi connectivity index (χ2v) is 6.31. The summed E-state index contributed by atoms with van der Waals surface area (Å²) in [5.74, 6) is 0.705. The zero-order valence-corrected chi connectivity index (χ0v) is 14.2. The number of nitrogens with zero attached hydrogens (tertiary/aromatic N) is 2. The van der Waals surface area contributed by atoms with Crippen molar-refractivity contribution in [2.24, 2.45) is 0 Å². The molecule has 1 aliphatic heterocycles. The Bertz CT molecular complexity index is 918. The Morgan fingerprint density at radius 3 is 2.88 bits per heavy atom. The molecule has 0 spiro atoms. The highest BCUT2D eigenvalue weighted by Crippen LogP contribution is 2.35. The molecule has 0 bridgehead atoms. The summed E-state index contributed by atoms with van der Waals surface area (Å²) in [6, 6.07) is 13.6. The van der Waals surface area contributed by atoms with Crippen LogP contribution in [0.25, 0.3) is 0 Å². The molecule has 1 atom stereocenters. The van der Waals surface area contributed by atoms with Gasteiger partial charge >= 0.3 is 0 Å². The second-order valence-electron chi connectivity index (χ2n) is 6.31. The standard InChI is InChI=1S/C20H19N3O2/c1-13-7-8-14(2)17(11-13)22-19-18-16(6-3-9-21-18)20(24)23(19)12-15-5-4-10-25-15/h3-11,19,22H,12H2,1-2H3/t19-/m0/s1. The summed E-state index contributed by atoms with van der Waals surface area (Å²) in [6.45, 7) is 4.50. The molecular weight excluding hydrogens is 314 g/mol. The van der Waals surface area contributed by atoms with E-state index >= 15 is 0 Å². The van der Waals surface area contributed by atoms with Gasteiger partial charge in [-0.05, 0) is 55.3 Å². The van der Waals surface area contributed by atoms with Gasteiger partial charge in [0.1, 0.15) is 11.9 Å². The average Bonchev–Trinajstić information content (AvgIpc) is 3.21. The van der Waals surface area contributed by atoms with Crippen molar-refractivity contribution in [1.82, 2.24) is 9.88 Å². The number of carbonyl (C=O) groups excluding carboxylic acids is 1. The highest BCUT2D eigenvalue weighted by atomic mass is 16.3. The molecule has 5 heteroatoms. The fourth-order valence-electron chi connectivity index (χ4n) is 3.15. The first kappa shape index (κ1) is 15.4. The van der Waals surface area contributed by atoms with Crippen LogP contribution in [0.1, 0.15) is 39.1 Å². The maximum atomic E-state index is 12.9. The Hall–Kier alpha value is -3.08. The fraction of sp³-hybridized carbons (Fsp3) is 0.200. The van der Waals surface area contributed by atoms with E-state index in [2.05, 4.69) is 42.3 Å². The summed E-state index contributed by atoms with van der Waals surface area (Å²) in [7, 11) is 0. The molecule has 3 aromatic rings. The van der Waals surface area contributed by atoms with Crippen molar-refractivity contribution < 1.29 is 9.21 Å². The van der Waals surface area contributed by atoms with Crippen LogP contribution in [0.4, 0.5) is 5.69 Å². The van der Waals surface area contributed by atoms with Gasteiger partial charge in [-0.15, -0.1) is 0 Å². The molecule has 0 unspecified atom stereocenters. The SMILES string of the molecule is Cc1ccc(C)c(N[C@@H]2c3ncccc3C(=O)N2Cc2ccco2)c1. The van der Waals surface area contributed by atoms with Crippen LogP contribution in [0.2, 0.25) is 0 Å². The van der Waals surface area contributed by atoms with Crippen molar-refractivity contribution in [2.45, 2.75) is 26.6 Å². The minimum Gasteiger partial charge on any atom is -0.467 e. The van der Waals surface area contributed by atoms with Crippen LogP contribution in [0.3, 0.4) is 0 Å². The molecule has 1 N–H and O–H groups in total. The van der Waals surface area contributed by atoms with Crippen molar-refractivity contribution >= 4 is 11.6 Å². The van der Waals surface area contributed by atoms with E-state index in [-0.39, 0.29) is 12.1 Å². The Morgan fingerprint density at radius 2 is 2.08 bits per heavy atom. The van der Waals surface area contributed by atoms with Crippen LogP contribution in [-0.4, -0.2) is 15.8 Å². The van der Waals surface area contributed by atoms with Gasteiger partial charge in [0.05, 0.1) is 24.1 Å². The second kappa shape index (κ2) is 6.09. The Morgan fingerprint density at radius 1 is 1.20 bits per heavy atom. The highest BCUT2D eigenvalue weighted by Gasteiger charge is 2.38. The molecule has 25 heavy (non-hydrogen) atoms. The normalized spacial score (nSPS) is 16.2. The van der Waals surface area contributed by atoms with E-state index in [0.717, 1.165) is 28.3 Å². The molecule has 126 valence electrons. The number of fused-ring (bicyclic) bond motifs is 1. The third-order valence-corrected chi connectivity index (χ3v) is 4.49. The van der Waals surface area contributed by atoms with Crippen LogP contribution in [0, 0.1) is 13.8 Å². The maximum absolute atomic E-state index is 12.9. The molecule has 1 aliphatic rings. The number of pyridine rings is 1. The molecule has 4 rings (SSSR count). The summed E-state index contributed by atoms with van der Waals surface area (Å²) in [4.78, 5) is 19.1. The predicted molar refractivity (Wildman–Crippen MR) is 95.1 cm³/mol. The van der Waals surface area contributed by atoms with Crippen LogP contribution in [0.5, 0.6) is 0 Å². The fourth-order valence-corrected chi connectivity index (χ4v) is 3.15. The van der Waals surface area contributed by atoms with E-state index < -0.39 is 0 Å². The molecule has 3 heterocycles. The predicted octanol–water partition coefficient (Wildman–Crippen LogP) is 4.06. The van der Waals surface area contributed by atoms with Gasteiger partial charge in [-0.2, -0.15) is 0 Å². The number of hydrogen-bond acceptors (Lipinski definition) is 4. The molecule has 5 nitrogen and oxygen atoms in total. The Kier molecular flexibility index (Phi) is 3.76. The monoisotopic (exact) mass is 333 g/mol. The van der Waals surface area contributed by atoms with Gasteiger partial charge in [0.15, 0.2) is 0 Å². The summed E-state index contributed by atoms with van der Waals surface area (Å²) in [5.41, 5.74) is 4.68. The third kappa shape index (κ3) is 2.78. The van der Waals surface area contributed by atoms with Gasteiger partial charge in [0.2, 0.25) is 0 Å². The van der Waals surface area contributed by atoms with E-state index in [1.54, 1.807) is 23.4 Å². The zero-order chi connectivity index (χ0) is 17.4. The smallest absolute Gasteiger partial charge is 0.258 e. The van der Waals surface area contributed by atoms with Crippen LogP contribution >= 0.6 is 0 Å². The molecule has 2 aromatic heterocycles. The Balaban J connectivity index is 1.72. The van der Waals surface area contributed by atoms with Crippen molar-refractivity contribution in [3.63, 3.8) is 0 Å². The molecule has 0 fully saturated rings. The lowest BCUT2D eigenvalue weighted by Gasteiger charge is -2.26. The Labute approximate surface area is 146 Å². The number of aryl methyl sites for hydroxylation is 2. The van der Waals surface area contributed by atoms with Crippen LogP contribution in [0.15, 0.2) is 59.3 Å². The van der Waals surface area contributed by atoms with Gasteiger partial charge in [0, 0.05) is 11.9 Å². The van der Waals surface area contributed by atoms with Gasteiger partial charge in [-0.3, -0.25) is 9.78 Å². The first-order valence-electron chi connectivity index (χ1n) is 8.25. The lowest BCUT2D eigenvalue weighted by Crippen LogP contribution is -2.32. The van der Waals surface area contributed by atoms with Crippen LogP contribution < -0.4 is 5.32 Å². The van der Waals surface area contributed by atoms with Crippen molar-refractivity contribution in [2.75, 3.05) is 5.32 Å². The van der Waals surface area contributed by atoms with Crippen LogP contribution in [-0.2, 0) is 6.54 Å². The largest absolute Gasteiger partial charge is 0.467 e. The number of aromatic nitrogens is 1. The average molecular weight is 333 g/mol. The molecule has 0 saturated heterocycles. The van der Waals surface area contributed by atoms with E-state index in [1.165, 1.54) is 0 Å². The molecule has 1 aromatic carbocycles. The van der Waals surface area contributed by atoms with E-state index in [4.69, 9.17) is 4.42 Å². The lowest BCUT2D eigenvalue weighted by molar-refractivity contribution is 0.0714. The van der Waals surface area contributed by atoms with Gasteiger partial charge in [-0.25, -0.2) is 0 Å². The van der Waals surface area contributed by atoms with Gasteiger partial charge in [0.25, 0.3) is 5.91 Å². The number of benzene rings is 1. The third-order valence-electron chi connectivity index (χ3n) is 4.49. The number of rotatable bonds is 4. The quantitative estimate of drug-likeness (QED) is 0.782. The number of carbonyl (C=O) groups is 1. The van der Waals surface area contributed by atoms with Gasteiger partial charge in [-0.1, -0.05) is 12.1 Å².